The molecular weight excluding hydrogens is 431 g/mol. The van der Waals surface area contributed by atoms with Crippen LogP contribution in [0.1, 0.15) is 17.8 Å². The second-order valence-corrected chi connectivity index (χ2v) is 7.75. The highest BCUT2D eigenvalue weighted by Gasteiger charge is 2.14. The number of aromatic nitrogens is 5. The average molecular weight is 449 g/mol. The van der Waals surface area contributed by atoms with E-state index in [1.54, 1.807) is 28.9 Å². The highest BCUT2D eigenvalue weighted by Crippen LogP contribution is 2.22. The Morgan fingerprint density at radius 3 is 2.69 bits per heavy atom. The Bertz CT molecular complexity index is 1430. The molecule has 3 aromatic heterocycles. The van der Waals surface area contributed by atoms with Crippen LogP contribution in [0.4, 0.5) is 4.39 Å². The lowest BCUT2D eigenvalue weighted by molar-refractivity contribution is -0.121. The minimum Gasteiger partial charge on any atom is -0.352 e. The van der Waals surface area contributed by atoms with Gasteiger partial charge in [0.2, 0.25) is 5.91 Å². The number of nitrogens with zero attached hydrogens (tertiary/aromatic N) is 5. The van der Waals surface area contributed by atoms with Crippen molar-refractivity contribution in [3.05, 3.63) is 89.2 Å². The Balaban J connectivity index is 1.32. The Morgan fingerprint density at radius 2 is 1.88 bits per heavy atom. The number of rotatable bonds is 6. The molecule has 0 bridgehead atoms. The molecule has 1 N–H and O–H groups in total. The lowest BCUT2D eigenvalue weighted by Gasteiger charge is -2.06. The number of benzene rings is 2. The number of nitrogens with one attached hydrogen (secondary N) is 1. The highest BCUT2D eigenvalue weighted by atomic mass is 35.5. The SMILES string of the molecule is O=C(CCc1nnc2c3cc(-c4ccc(F)cc4)nn3ccn12)NCc1ccccc1Cl. The minimum absolute atomic E-state index is 0.0919. The Labute approximate surface area is 187 Å². The first-order chi connectivity index (χ1) is 15.6. The molecule has 160 valence electrons. The fourth-order valence-corrected chi connectivity index (χ4v) is 3.74. The summed E-state index contributed by atoms with van der Waals surface area (Å²) in [5.74, 6) is 0.295. The van der Waals surface area contributed by atoms with Crippen molar-refractivity contribution in [3.63, 3.8) is 0 Å². The van der Waals surface area contributed by atoms with E-state index < -0.39 is 0 Å². The van der Waals surface area contributed by atoms with Gasteiger partial charge in [-0.05, 0) is 42.0 Å². The molecule has 0 spiro atoms. The molecule has 32 heavy (non-hydrogen) atoms. The molecule has 5 aromatic rings. The zero-order valence-corrected chi connectivity index (χ0v) is 17.6. The van der Waals surface area contributed by atoms with Crippen LogP contribution in [0.3, 0.4) is 0 Å². The monoisotopic (exact) mass is 448 g/mol. The predicted octanol–water partition coefficient (Wildman–Crippen LogP) is 4.09. The second kappa shape index (κ2) is 8.39. The number of amides is 1. The van der Waals surface area contributed by atoms with Gasteiger partial charge in [-0.15, -0.1) is 10.2 Å². The summed E-state index contributed by atoms with van der Waals surface area (Å²) in [6, 6.07) is 15.5. The van der Waals surface area contributed by atoms with Gasteiger partial charge in [0.1, 0.15) is 17.2 Å². The van der Waals surface area contributed by atoms with Gasteiger partial charge in [-0.3, -0.25) is 9.20 Å². The Hall–Kier alpha value is -3.78. The molecule has 0 aliphatic heterocycles. The van der Waals surface area contributed by atoms with Crippen LogP contribution in [0.2, 0.25) is 5.02 Å². The van der Waals surface area contributed by atoms with Gasteiger partial charge < -0.3 is 5.32 Å². The molecular formula is C23H18ClFN6O. The van der Waals surface area contributed by atoms with E-state index in [1.165, 1.54) is 12.1 Å². The highest BCUT2D eigenvalue weighted by molar-refractivity contribution is 6.31. The van der Waals surface area contributed by atoms with E-state index in [-0.39, 0.29) is 18.1 Å². The van der Waals surface area contributed by atoms with Crippen molar-refractivity contribution in [2.45, 2.75) is 19.4 Å². The van der Waals surface area contributed by atoms with Crippen molar-refractivity contribution < 1.29 is 9.18 Å². The van der Waals surface area contributed by atoms with Crippen LogP contribution in [-0.2, 0) is 17.8 Å². The Morgan fingerprint density at radius 1 is 1.06 bits per heavy atom. The van der Waals surface area contributed by atoms with Crippen LogP contribution in [-0.4, -0.2) is 30.1 Å². The van der Waals surface area contributed by atoms with E-state index in [4.69, 9.17) is 11.6 Å². The van der Waals surface area contributed by atoms with Crippen LogP contribution < -0.4 is 5.32 Å². The standard InChI is InChI=1S/C23H18ClFN6O/c24-18-4-2-1-3-16(18)14-26-22(32)10-9-21-27-28-23-20-13-19(15-5-7-17(25)8-6-15)29-31(20)12-11-30(21)23/h1-8,11-13H,9-10,14H2,(H,26,32). The number of carbonyl (C=O) groups excluding carboxylic acids is 1. The lowest BCUT2D eigenvalue weighted by Crippen LogP contribution is -2.23. The van der Waals surface area contributed by atoms with Gasteiger partial charge in [0, 0.05) is 42.4 Å². The molecule has 0 unspecified atom stereocenters. The van der Waals surface area contributed by atoms with Crippen LogP contribution in [0.15, 0.2) is 67.0 Å². The van der Waals surface area contributed by atoms with Gasteiger partial charge in [-0.1, -0.05) is 29.8 Å². The van der Waals surface area contributed by atoms with Crippen molar-refractivity contribution in [1.29, 1.82) is 0 Å². The van der Waals surface area contributed by atoms with Crippen molar-refractivity contribution in [2.24, 2.45) is 0 Å². The summed E-state index contributed by atoms with van der Waals surface area (Å²) in [7, 11) is 0. The molecule has 9 heteroatoms. The summed E-state index contributed by atoms with van der Waals surface area (Å²) in [5.41, 5.74) is 3.80. The van der Waals surface area contributed by atoms with Crippen molar-refractivity contribution >= 4 is 28.7 Å². The van der Waals surface area contributed by atoms with Gasteiger partial charge in [-0.2, -0.15) is 5.10 Å². The number of fused-ring (bicyclic) bond motifs is 3. The molecule has 0 aliphatic carbocycles. The molecule has 0 fully saturated rings. The van der Waals surface area contributed by atoms with E-state index in [9.17, 15) is 9.18 Å². The van der Waals surface area contributed by atoms with E-state index in [0.29, 0.717) is 35.2 Å². The third-order valence-electron chi connectivity index (χ3n) is 5.24. The maximum Gasteiger partial charge on any atom is 0.220 e. The molecule has 1 amide bonds. The third-order valence-corrected chi connectivity index (χ3v) is 5.61. The van der Waals surface area contributed by atoms with E-state index in [1.807, 2.05) is 34.9 Å². The smallest absolute Gasteiger partial charge is 0.220 e. The summed E-state index contributed by atoms with van der Waals surface area (Å²) >= 11 is 6.13. The Kier molecular flexibility index (Phi) is 5.28. The summed E-state index contributed by atoms with van der Waals surface area (Å²) in [6.07, 6.45) is 4.33. The normalized spacial score (nSPS) is 11.3. The van der Waals surface area contributed by atoms with Gasteiger partial charge >= 0.3 is 0 Å². The largest absolute Gasteiger partial charge is 0.352 e. The molecule has 2 aromatic carbocycles. The van der Waals surface area contributed by atoms with Crippen LogP contribution in [0, 0.1) is 5.82 Å². The zero-order chi connectivity index (χ0) is 22.1. The van der Waals surface area contributed by atoms with Crippen LogP contribution in [0.25, 0.3) is 22.4 Å². The fourth-order valence-electron chi connectivity index (χ4n) is 3.54. The number of halogens is 2. The molecule has 7 nitrogen and oxygen atoms in total. The third kappa shape index (κ3) is 3.92. The van der Waals surface area contributed by atoms with Crippen molar-refractivity contribution in [2.75, 3.05) is 0 Å². The first kappa shape index (κ1) is 20.1. The first-order valence-electron chi connectivity index (χ1n) is 10.1. The fraction of sp³-hybridized carbons (Fsp3) is 0.130. The quantitative estimate of drug-likeness (QED) is 0.424. The molecule has 0 aliphatic rings. The van der Waals surface area contributed by atoms with E-state index in [2.05, 4.69) is 20.6 Å². The van der Waals surface area contributed by atoms with Gasteiger partial charge in [0.15, 0.2) is 5.65 Å². The van der Waals surface area contributed by atoms with Gasteiger partial charge in [-0.25, -0.2) is 8.91 Å². The van der Waals surface area contributed by atoms with Gasteiger partial charge in [0.05, 0.1) is 5.69 Å². The molecule has 5 rings (SSSR count). The molecule has 0 radical (unpaired) electrons. The summed E-state index contributed by atoms with van der Waals surface area (Å²) in [5, 5.41) is 16.6. The topological polar surface area (TPSA) is 76.6 Å². The molecule has 0 atom stereocenters. The van der Waals surface area contributed by atoms with E-state index >= 15 is 0 Å². The maximum absolute atomic E-state index is 13.2. The first-order valence-corrected chi connectivity index (χ1v) is 10.4. The average Bonchev–Trinajstić information content (AvgIpc) is 3.41. The summed E-state index contributed by atoms with van der Waals surface area (Å²) in [6.45, 7) is 0.377. The number of hydrogen-bond donors (Lipinski definition) is 1. The van der Waals surface area contributed by atoms with E-state index in [0.717, 1.165) is 16.6 Å². The van der Waals surface area contributed by atoms with Crippen LogP contribution in [0.5, 0.6) is 0 Å². The lowest BCUT2D eigenvalue weighted by atomic mass is 10.1. The number of aryl methyl sites for hydroxylation is 1. The maximum atomic E-state index is 13.2. The minimum atomic E-state index is -0.294. The zero-order valence-electron chi connectivity index (χ0n) is 16.9. The second-order valence-electron chi connectivity index (χ2n) is 7.34. The number of carbonyl (C=O) groups is 1. The van der Waals surface area contributed by atoms with Crippen molar-refractivity contribution in [1.82, 2.24) is 29.5 Å². The predicted molar refractivity (Wildman–Crippen MR) is 119 cm³/mol. The van der Waals surface area contributed by atoms with Gasteiger partial charge in [0.25, 0.3) is 0 Å². The summed E-state index contributed by atoms with van der Waals surface area (Å²) in [4.78, 5) is 12.3. The molecule has 0 saturated carbocycles. The van der Waals surface area contributed by atoms with Crippen molar-refractivity contribution in [3.8, 4) is 11.3 Å². The molecule has 3 heterocycles. The summed E-state index contributed by atoms with van der Waals surface area (Å²) < 4.78 is 16.8. The number of hydrogen-bond acceptors (Lipinski definition) is 4. The van der Waals surface area contributed by atoms with Crippen LogP contribution >= 0.6 is 11.6 Å². The molecule has 0 saturated heterocycles.